The molecule has 0 aliphatic carbocycles. The summed E-state index contributed by atoms with van der Waals surface area (Å²) in [5.74, 6) is 0.802. The fourth-order valence-corrected chi connectivity index (χ4v) is 1.14. The van der Waals surface area contributed by atoms with Crippen molar-refractivity contribution >= 4 is 5.91 Å². The van der Waals surface area contributed by atoms with Crippen molar-refractivity contribution in [2.24, 2.45) is 0 Å². The lowest BCUT2D eigenvalue weighted by atomic mass is 10.3. The van der Waals surface area contributed by atoms with Gasteiger partial charge >= 0.3 is 0 Å². The monoisotopic (exact) mass is 211 g/mol. The standard InChI is InChI=1S/C10H17N3O2/c1-3-13-8-9(7-12-13)15-6-4-5-10(14)11-2/h7-8H,3-6H2,1-2H3,(H,11,14). The smallest absolute Gasteiger partial charge is 0.219 e. The quantitative estimate of drug-likeness (QED) is 0.708. The number of amides is 1. The van der Waals surface area contributed by atoms with Gasteiger partial charge in [0, 0.05) is 20.0 Å². The first-order valence-corrected chi connectivity index (χ1v) is 5.12. The van der Waals surface area contributed by atoms with Crippen molar-refractivity contribution in [3.8, 4) is 5.75 Å². The van der Waals surface area contributed by atoms with E-state index in [9.17, 15) is 4.79 Å². The van der Waals surface area contributed by atoms with Crippen LogP contribution in [-0.2, 0) is 11.3 Å². The van der Waals surface area contributed by atoms with Gasteiger partial charge in [-0.3, -0.25) is 9.48 Å². The van der Waals surface area contributed by atoms with E-state index >= 15 is 0 Å². The zero-order chi connectivity index (χ0) is 11.1. The van der Waals surface area contributed by atoms with Crippen molar-refractivity contribution < 1.29 is 9.53 Å². The zero-order valence-electron chi connectivity index (χ0n) is 9.19. The molecule has 0 atom stereocenters. The molecule has 1 aromatic heterocycles. The number of nitrogens with one attached hydrogen (secondary N) is 1. The molecule has 1 heterocycles. The molecule has 1 amide bonds. The SMILES string of the molecule is CCn1cc(OCCCC(=O)NC)cn1. The summed E-state index contributed by atoms with van der Waals surface area (Å²) in [6.07, 6.45) is 4.75. The Labute approximate surface area is 89.4 Å². The maximum absolute atomic E-state index is 10.9. The van der Waals surface area contributed by atoms with E-state index in [1.165, 1.54) is 0 Å². The summed E-state index contributed by atoms with van der Waals surface area (Å²) < 4.78 is 7.22. The molecule has 15 heavy (non-hydrogen) atoms. The topological polar surface area (TPSA) is 56.1 Å². The van der Waals surface area contributed by atoms with Gasteiger partial charge in [-0.05, 0) is 13.3 Å². The van der Waals surface area contributed by atoms with E-state index in [1.54, 1.807) is 17.9 Å². The molecule has 0 saturated carbocycles. The molecule has 84 valence electrons. The summed E-state index contributed by atoms with van der Waals surface area (Å²) in [6.45, 7) is 3.40. The third kappa shape index (κ3) is 4.01. The summed E-state index contributed by atoms with van der Waals surface area (Å²) in [5.41, 5.74) is 0. The molecule has 0 aromatic carbocycles. The molecular formula is C10H17N3O2. The number of aryl methyl sites for hydroxylation is 1. The molecule has 1 rings (SSSR count). The molecule has 0 aliphatic heterocycles. The van der Waals surface area contributed by atoms with Crippen molar-refractivity contribution in [1.82, 2.24) is 15.1 Å². The number of ether oxygens (including phenoxy) is 1. The van der Waals surface area contributed by atoms with Gasteiger partial charge in [0.2, 0.25) is 5.91 Å². The van der Waals surface area contributed by atoms with Crippen LogP contribution in [0.4, 0.5) is 0 Å². The minimum absolute atomic E-state index is 0.0443. The largest absolute Gasteiger partial charge is 0.490 e. The number of nitrogens with zero attached hydrogens (tertiary/aromatic N) is 2. The Morgan fingerprint density at radius 2 is 2.47 bits per heavy atom. The van der Waals surface area contributed by atoms with Gasteiger partial charge in [0.1, 0.15) is 0 Å². The third-order valence-electron chi connectivity index (χ3n) is 2.03. The Morgan fingerprint density at radius 1 is 1.67 bits per heavy atom. The van der Waals surface area contributed by atoms with Crippen molar-refractivity contribution in [3.63, 3.8) is 0 Å². The second kappa shape index (κ2) is 6.06. The number of carbonyl (C=O) groups excluding carboxylic acids is 1. The number of hydrogen-bond acceptors (Lipinski definition) is 3. The van der Waals surface area contributed by atoms with Gasteiger partial charge < -0.3 is 10.1 Å². The molecule has 0 spiro atoms. The predicted molar refractivity (Wildman–Crippen MR) is 56.7 cm³/mol. The normalized spacial score (nSPS) is 10.0. The average Bonchev–Trinajstić information content (AvgIpc) is 2.72. The average molecular weight is 211 g/mol. The van der Waals surface area contributed by atoms with Gasteiger partial charge in [-0.25, -0.2) is 0 Å². The Morgan fingerprint density at radius 3 is 3.07 bits per heavy atom. The number of carbonyl (C=O) groups is 1. The molecule has 0 unspecified atom stereocenters. The first-order valence-electron chi connectivity index (χ1n) is 5.12. The van der Waals surface area contributed by atoms with Crippen molar-refractivity contribution in [2.75, 3.05) is 13.7 Å². The Balaban J connectivity index is 2.17. The van der Waals surface area contributed by atoms with Crippen LogP contribution < -0.4 is 10.1 Å². The molecule has 0 radical (unpaired) electrons. The lowest BCUT2D eigenvalue weighted by molar-refractivity contribution is -0.120. The van der Waals surface area contributed by atoms with Gasteiger partial charge in [-0.15, -0.1) is 0 Å². The molecule has 0 bridgehead atoms. The molecule has 0 fully saturated rings. The van der Waals surface area contributed by atoms with E-state index in [1.807, 2.05) is 13.1 Å². The number of hydrogen-bond donors (Lipinski definition) is 1. The van der Waals surface area contributed by atoms with Gasteiger partial charge in [-0.1, -0.05) is 0 Å². The Hall–Kier alpha value is -1.52. The Kier molecular flexibility index (Phi) is 4.66. The zero-order valence-corrected chi connectivity index (χ0v) is 9.19. The molecule has 0 aliphatic rings. The first-order chi connectivity index (χ1) is 7.26. The fourth-order valence-electron chi connectivity index (χ4n) is 1.14. The number of rotatable bonds is 6. The highest BCUT2D eigenvalue weighted by Crippen LogP contribution is 2.08. The van der Waals surface area contributed by atoms with Crippen LogP contribution >= 0.6 is 0 Å². The van der Waals surface area contributed by atoms with Crippen molar-refractivity contribution in [3.05, 3.63) is 12.4 Å². The first kappa shape index (κ1) is 11.6. The van der Waals surface area contributed by atoms with Crippen LogP contribution in [0, 0.1) is 0 Å². The minimum Gasteiger partial charge on any atom is -0.490 e. The molecule has 1 aromatic rings. The minimum atomic E-state index is 0.0443. The van der Waals surface area contributed by atoms with Gasteiger partial charge in [-0.2, -0.15) is 5.10 Å². The summed E-state index contributed by atoms with van der Waals surface area (Å²) >= 11 is 0. The van der Waals surface area contributed by atoms with Crippen LogP contribution in [0.1, 0.15) is 19.8 Å². The molecule has 1 N–H and O–H groups in total. The lowest BCUT2D eigenvalue weighted by Crippen LogP contribution is -2.18. The summed E-state index contributed by atoms with van der Waals surface area (Å²) in [7, 11) is 1.63. The lowest BCUT2D eigenvalue weighted by Gasteiger charge is -2.02. The van der Waals surface area contributed by atoms with E-state index < -0.39 is 0 Å². The van der Waals surface area contributed by atoms with E-state index in [0.717, 1.165) is 18.7 Å². The maximum Gasteiger partial charge on any atom is 0.219 e. The fraction of sp³-hybridized carbons (Fsp3) is 0.600. The molecule has 5 heteroatoms. The van der Waals surface area contributed by atoms with Gasteiger partial charge in [0.15, 0.2) is 5.75 Å². The van der Waals surface area contributed by atoms with Gasteiger partial charge in [0.05, 0.1) is 19.0 Å². The second-order valence-electron chi connectivity index (χ2n) is 3.16. The van der Waals surface area contributed by atoms with E-state index in [0.29, 0.717) is 13.0 Å². The van der Waals surface area contributed by atoms with Crippen LogP contribution in [0.15, 0.2) is 12.4 Å². The van der Waals surface area contributed by atoms with Gasteiger partial charge in [0.25, 0.3) is 0 Å². The van der Waals surface area contributed by atoms with Crippen molar-refractivity contribution in [2.45, 2.75) is 26.3 Å². The highest BCUT2D eigenvalue weighted by Gasteiger charge is 2.00. The Bertz CT molecular complexity index is 309. The van der Waals surface area contributed by atoms with E-state index in [4.69, 9.17) is 4.74 Å². The second-order valence-corrected chi connectivity index (χ2v) is 3.16. The van der Waals surface area contributed by atoms with Crippen LogP contribution in [0.25, 0.3) is 0 Å². The maximum atomic E-state index is 10.9. The molecular weight excluding hydrogens is 194 g/mol. The summed E-state index contributed by atoms with van der Waals surface area (Å²) in [6, 6.07) is 0. The van der Waals surface area contributed by atoms with Crippen LogP contribution in [0.2, 0.25) is 0 Å². The van der Waals surface area contributed by atoms with E-state index in [2.05, 4.69) is 10.4 Å². The van der Waals surface area contributed by atoms with Crippen molar-refractivity contribution in [1.29, 1.82) is 0 Å². The van der Waals surface area contributed by atoms with Crippen LogP contribution in [0.5, 0.6) is 5.75 Å². The molecule has 5 nitrogen and oxygen atoms in total. The predicted octanol–water partition coefficient (Wildman–Crippen LogP) is 0.808. The summed E-state index contributed by atoms with van der Waals surface area (Å²) in [5, 5.41) is 6.64. The van der Waals surface area contributed by atoms with E-state index in [-0.39, 0.29) is 5.91 Å². The van der Waals surface area contributed by atoms with Crippen LogP contribution in [0.3, 0.4) is 0 Å². The highest BCUT2D eigenvalue weighted by atomic mass is 16.5. The summed E-state index contributed by atoms with van der Waals surface area (Å²) in [4.78, 5) is 10.9. The third-order valence-corrected chi connectivity index (χ3v) is 2.03. The van der Waals surface area contributed by atoms with Crippen LogP contribution in [-0.4, -0.2) is 29.3 Å². The number of aromatic nitrogens is 2. The highest BCUT2D eigenvalue weighted by molar-refractivity contribution is 5.75. The molecule has 0 saturated heterocycles.